The third-order valence-electron chi connectivity index (χ3n) is 1.63. The molecule has 2 N–H and O–H groups in total. The monoisotopic (exact) mass is 277 g/mol. The number of rotatable bonds is 4. The lowest BCUT2D eigenvalue weighted by Gasteiger charge is -2.15. The van der Waals surface area contributed by atoms with Crippen LogP contribution in [0.4, 0.5) is 0 Å². The first kappa shape index (κ1) is 11.7. The Morgan fingerprint density at radius 2 is 2.21 bits per heavy atom. The molecule has 1 aromatic heterocycles. The maximum absolute atomic E-state index is 11.0. The Kier molecular flexibility index (Phi) is 4.10. The van der Waals surface area contributed by atoms with Crippen molar-refractivity contribution < 1.29 is 9.90 Å². The number of thiophene rings is 1. The van der Waals surface area contributed by atoms with E-state index in [1.165, 1.54) is 11.3 Å². The van der Waals surface area contributed by atoms with Gasteiger partial charge in [0.2, 0.25) is 0 Å². The SMILES string of the molecule is CC(C)NC(C(=O)O)c1ccc(Br)s1. The summed E-state index contributed by atoms with van der Waals surface area (Å²) < 4.78 is 0.948. The molecule has 14 heavy (non-hydrogen) atoms. The van der Waals surface area contributed by atoms with Gasteiger partial charge in [0.1, 0.15) is 6.04 Å². The Morgan fingerprint density at radius 3 is 2.57 bits per heavy atom. The van der Waals surface area contributed by atoms with E-state index >= 15 is 0 Å². The second-order valence-corrected chi connectivity index (χ2v) is 5.73. The highest BCUT2D eigenvalue weighted by Gasteiger charge is 2.21. The van der Waals surface area contributed by atoms with Crippen molar-refractivity contribution in [2.75, 3.05) is 0 Å². The summed E-state index contributed by atoms with van der Waals surface area (Å²) in [5.41, 5.74) is 0. The van der Waals surface area contributed by atoms with Crippen molar-refractivity contribution in [3.8, 4) is 0 Å². The van der Waals surface area contributed by atoms with Crippen molar-refractivity contribution in [2.45, 2.75) is 25.9 Å². The molecule has 0 aliphatic carbocycles. The van der Waals surface area contributed by atoms with Crippen LogP contribution < -0.4 is 5.32 Å². The lowest BCUT2D eigenvalue weighted by molar-refractivity contribution is -0.139. The lowest BCUT2D eigenvalue weighted by atomic mass is 10.2. The van der Waals surface area contributed by atoms with Crippen LogP contribution in [0.15, 0.2) is 15.9 Å². The van der Waals surface area contributed by atoms with Crippen molar-refractivity contribution in [1.82, 2.24) is 5.32 Å². The summed E-state index contributed by atoms with van der Waals surface area (Å²) in [7, 11) is 0. The molecule has 0 aliphatic heterocycles. The average molecular weight is 278 g/mol. The fraction of sp³-hybridized carbons (Fsp3) is 0.444. The van der Waals surface area contributed by atoms with Crippen LogP contribution in [-0.2, 0) is 4.79 Å². The normalized spacial score (nSPS) is 13.1. The van der Waals surface area contributed by atoms with Crippen LogP contribution in [0.2, 0.25) is 0 Å². The number of carboxylic acid groups (broad SMARTS) is 1. The molecule has 0 radical (unpaired) electrons. The zero-order valence-electron chi connectivity index (χ0n) is 7.95. The van der Waals surface area contributed by atoms with Crippen LogP contribution in [-0.4, -0.2) is 17.1 Å². The van der Waals surface area contributed by atoms with E-state index in [0.717, 1.165) is 8.66 Å². The Balaban J connectivity index is 2.83. The molecule has 0 amide bonds. The molecule has 1 atom stereocenters. The van der Waals surface area contributed by atoms with E-state index in [9.17, 15) is 4.79 Å². The van der Waals surface area contributed by atoms with E-state index in [1.807, 2.05) is 26.0 Å². The van der Waals surface area contributed by atoms with Crippen LogP contribution in [0.1, 0.15) is 24.8 Å². The summed E-state index contributed by atoms with van der Waals surface area (Å²) in [4.78, 5) is 11.8. The minimum absolute atomic E-state index is 0.150. The van der Waals surface area contributed by atoms with Gasteiger partial charge in [-0.05, 0) is 41.9 Å². The molecule has 1 unspecified atom stereocenters. The van der Waals surface area contributed by atoms with Gasteiger partial charge < -0.3 is 5.11 Å². The average Bonchev–Trinajstić information content (AvgIpc) is 2.46. The van der Waals surface area contributed by atoms with Crippen molar-refractivity contribution >= 4 is 33.2 Å². The van der Waals surface area contributed by atoms with Gasteiger partial charge in [0.05, 0.1) is 3.79 Å². The van der Waals surface area contributed by atoms with Crippen molar-refractivity contribution in [1.29, 1.82) is 0 Å². The summed E-state index contributed by atoms with van der Waals surface area (Å²) in [6, 6.07) is 3.23. The minimum Gasteiger partial charge on any atom is -0.480 e. The molecule has 0 aromatic carbocycles. The molecular weight excluding hydrogens is 266 g/mol. The van der Waals surface area contributed by atoms with Crippen LogP contribution in [0.25, 0.3) is 0 Å². The molecule has 78 valence electrons. The van der Waals surface area contributed by atoms with Crippen LogP contribution in [0.3, 0.4) is 0 Å². The van der Waals surface area contributed by atoms with Crippen molar-refractivity contribution in [3.05, 3.63) is 20.8 Å². The van der Waals surface area contributed by atoms with Crippen molar-refractivity contribution in [2.24, 2.45) is 0 Å². The number of aliphatic carboxylic acids is 1. The predicted molar refractivity (Wildman–Crippen MR) is 60.7 cm³/mol. The number of halogens is 1. The van der Waals surface area contributed by atoms with Crippen LogP contribution in [0, 0.1) is 0 Å². The van der Waals surface area contributed by atoms with Crippen LogP contribution in [0.5, 0.6) is 0 Å². The number of hydrogen-bond acceptors (Lipinski definition) is 3. The molecule has 1 aromatic rings. The molecule has 5 heteroatoms. The largest absolute Gasteiger partial charge is 0.480 e. The molecule has 0 fully saturated rings. The summed E-state index contributed by atoms with van der Waals surface area (Å²) >= 11 is 4.75. The van der Waals surface area contributed by atoms with Gasteiger partial charge in [-0.15, -0.1) is 11.3 Å². The zero-order chi connectivity index (χ0) is 10.7. The topological polar surface area (TPSA) is 49.3 Å². The Morgan fingerprint density at radius 1 is 1.57 bits per heavy atom. The quantitative estimate of drug-likeness (QED) is 0.890. The third kappa shape index (κ3) is 3.08. The summed E-state index contributed by atoms with van der Waals surface area (Å²) in [6.07, 6.45) is 0. The molecule has 0 saturated heterocycles. The fourth-order valence-electron chi connectivity index (χ4n) is 1.09. The number of nitrogens with one attached hydrogen (secondary N) is 1. The van der Waals surface area contributed by atoms with Gasteiger partial charge in [0.25, 0.3) is 0 Å². The molecular formula is C9H12BrNO2S. The molecule has 0 aliphatic rings. The summed E-state index contributed by atoms with van der Waals surface area (Å²) in [6.45, 7) is 3.86. The van der Waals surface area contributed by atoms with Gasteiger partial charge in [-0.2, -0.15) is 0 Å². The first-order valence-electron chi connectivity index (χ1n) is 4.25. The maximum Gasteiger partial charge on any atom is 0.326 e. The van der Waals surface area contributed by atoms with Gasteiger partial charge in [0, 0.05) is 10.9 Å². The second-order valence-electron chi connectivity index (χ2n) is 3.23. The van der Waals surface area contributed by atoms with Gasteiger partial charge in [0.15, 0.2) is 0 Å². The van der Waals surface area contributed by atoms with Gasteiger partial charge in [-0.1, -0.05) is 0 Å². The molecule has 0 bridgehead atoms. The third-order valence-corrected chi connectivity index (χ3v) is 3.31. The van der Waals surface area contributed by atoms with E-state index in [-0.39, 0.29) is 6.04 Å². The molecule has 0 saturated carbocycles. The van der Waals surface area contributed by atoms with E-state index < -0.39 is 12.0 Å². The smallest absolute Gasteiger partial charge is 0.326 e. The van der Waals surface area contributed by atoms with Gasteiger partial charge >= 0.3 is 5.97 Å². The Hall–Kier alpha value is -0.390. The van der Waals surface area contributed by atoms with E-state index in [0.29, 0.717) is 0 Å². The van der Waals surface area contributed by atoms with E-state index in [1.54, 1.807) is 0 Å². The summed E-state index contributed by atoms with van der Waals surface area (Å²) in [5, 5.41) is 12.0. The fourth-order valence-corrected chi connectivity index (χ4v) is 2.57. The second kappa shape index (κ2) is 4.91. The standard InChI is InChI=1S/C9H12BrNO2S/c1-5(2)11-8(9(12)13)6-3-4-7(10)14-6/h3-5,8,11H,1-2H3,(H,12,13). The summed E-state index contributed by atoms with van der Waals surface area (Å²) in [5.74, 6) is -0.840. The van der Waals surface area contributed by atoms with Crippen molar-refractivity contribution in [3.63, 3.8) is 0 Å². The highest BCUT2D eigenvalue weighted by Crippen LogP contribution is 2.27. The maximum atomic E-state index is 11.0. The zero-order valence-corrected chi connectivity index (χ0v) is 10.4. The Bertz CT molecular complexity index is 324. The van der Waals surface area contributed by atoms with E-state index in [4.69, 9.17) is 5.11 Å². The number of carbonyl (C=O) groups is 1. The highest BCUT2D eigenvalue weighted by atomic mass is 79.9. The highest BCUT2D eigenvalue weighted by molar-refractivity contribution is 9.11. The number of hydrogen-bond donors (Lipinski definition) is 2. The molecule has 3 nitrogen and oxygen atoms in total. The number of carboxylic acids is 1. The van der Waals surface area contributed by atoms with Gasteiger partial charge in [-0.3, -0.25) is 10.1 Å². The first-order chi connectivity index (χ1) is 6.50. The first-order valence-corrected chi connectivity index (χ1v) is 5.85. The molecule has 1 heterocycles. The van der Waals surface area contributed by atoms with E-state index in [2.05, 4.69) is 21.2 Å². The molecule has 1 rings (SSSR count). The Labute approximate surface area is 95.3 Å². The van der Waals surface area contributed by atoms with Crippen LogP contribution >= 0.6 is 27.3 Å². The lowest BCUT2D eigenvalue weighted by Crippen LogP contribution is -2.32. The minimum atomic E-state index is -0.840. The molecule has 0 spiro atoms. The predicted octanol–water partition coefficient (Wildman–Crippen LogP) is 2.63. The van der Waals surface area contributed by atoms with Gasteiger partial charge in [-0.25, -0.2) is 0 Å².